The van der Waals surface area contributed by atoms with Gasteiger partial charge in [0.1, 0.15) is 5.75 Å². The molecule has 4 N–H and O–H groups in total. The van der Waals surface area contributed by atoms with Crippen LogP contribution in [0, 0.1) is 0 Å². The van der Waals surface area contributed by atoms with Crippen molar-refractivity contribution in [2.75, 3.05) is 0 Å². The molecule has 3 rings (SSSR count). The summed E-state index contributed by atoms with van der Waals surface area (Å²) in [7, 11) is 0. The quantitative estimate of drug-likeness (QED) is 0.640. The molecule has 2 aromatic carbocycles. The Morgan fingerprint density at radius 2 is 1.52 bits per heavy atom. The first-order chi connectivity index (χ1) is 11.1. The average molecular weight is 313 g/mol. The van der Waals surface area contributed by atoms with Crippen LogP contribution in [0.1, 0.15) is 30.4 Å². The molecule has 0 aromatic heterocycles. The van der Waals surface area contributed by atoms with Crippen LogP contribution in [0.2, 0.25) is 0 Å². The fraction of sp³-hybridized carbons (Fsp3) is 0.368. The molecule has 0 saturated carbocycles. The Bertz CT molecular complexity index is 654. The lowest BCUT2D eigenvalue weighted by atomic mass is 10.0. The maximum atomic E-state index is 9.57. The first kappa shape index (κ1) is 15.7. The Balaban J connectivity index is 1.48. The van der Waals surface area contributed by atoms with Gasteiger partial charge >= 0.3 is 0 Å². The number of aryl methyl sites for hydroxylation is 1. The van der Waals surface area contributed by atoms with Crippen LogP contribution < -0.4 is 5.32 Å². The number of nitrogens with one attached hydrogen (secondary N) is 1. The molecule has 1 saturated heterocycles. The minimum absolute atomic E-state index is 0.0515. The normalized spacial score (nSPS) is 20.7. The number of phenolic OH excluding ortho intramolecular Hbond substituents is 3. The van der Waals surface area contributed by atoms with E-state index in [1.807, 2.05) is 18.2 Å². The van der Waals surface area contributed by atoms with Gasteiger partial charge in [0.25, 0.3) is 0 Å². The number of phenols is 3. The predicted octanol–water partition coefficient (Wildman–Crippen LogP) is 3.10. The average Bonchev–Trinajstić information content (AvgIpc) is 2.98. The van der Waals surface area contributed by atoms with Crippen LogP contribution in [-0.2, 0) is 12.8 Å². The molecule has 1 heterocycles. The Morgan fingerprint density at radius 3 is 2.26 bits per heavy atom. The van der Waals surface area contributed by atoms with Crippen molar-refractivity contribution in [1.82, 2.24) is 5.32 Å². The van der Waals surface area contributed by atoms with Crippen LogP contribution in [0.5, 0.6) is 17.2 Å². The molecular formula is C19H23NO3. The van der Waals surface area contributed by atoms with Crippen molar-refractivity contribution in [1.29, 1.82) is 0 Å². The summed E-state index contributed by atoms with van der Waals surface area (Å²) in [6.45, 7) is 0. The molecule has 0 radical (unpaired) electrons. The second kappa shape index (κ2) is 6.92. The van der Waals surface area contributed by atoms with Gasteiger partial charge in [-0.25, -0.2) is 0 Å². The van der Waals surface area contributed by atoms with Crippen molar-refractivity contribution < 1.29 is 15.3 Å². The summed E-state index contributed by atoms with van der Waals surface area (Å²) < 4.78 is 0. The number of benzene rings is 2. The maximum absolute atomic E-state index is 9.57. The van der Waals surface area contributed by atoms with Crippen molar-refractivity contribution in [3.8, 4) is 17.2 Å². The first-order valence-corrected chi connectivity index (χ1v) is 8.15. The first-order valence-electron chi connectivity index (χ1n) is 8.15. The summed E-state index contributed by atoms with van der Waals surface area (Å²) in [5.41, 5.74) is 2.29. The Labute approximate surface area is 136 Å². The Morgan fingerprint density at radius 1 is 0.826 bits per heavy atom. The standard InChI is InChI=1S/C19H23NO3/c21-17-8-2-13(3-9-17)1-5-15-6-7-16(20-15)11-14-4-10-18(22)19(23)12-14/h2-4,8-10,12,15-16,20-23H,1,5-7,11H2/t15-,16+/m1/s1. The van der Waals surface area contributed by atoms with Gasteiger partial charge in [-0.2, -0.15) is 0 Å². The monoisotopic (exact) mass is 313 g/mol. The van der Waals surface area contributed by atoms with Gasteiger partial charge in [0.05, 0.1) is 0 Å². The van der Waals surface area contributed by atoms with Crippen LogP contribution in [0.3, 0.4) is 0 Å². The Hall–Kier alpha value is -2.20. The van der Waals surface area contributed by atoms with Crippen molar-refractivity contribution >= 4 is 0 Å². The molecule has 0 bridgehead atoms. The third-order valence-electron chi connectivity index (χ3n) is 4.57. The summed E-state index contributed by atoms with van der Waals surface area (Å²) in [6, 6.07) is 13.4. The summed E-state index contributed by atoms with van der Waals surface area (Å²) >= 11 is 0. The van der Waals surface area contributed by atoms with E-state index in [0.717, 1.165) is 37.7 Å². The number of aromatic hydroxyl groups is 3. The molecule has 0 unspecified atom stereocenters. The summed E-state index contributed by atoms with van der Waals surface area (Å²) in [5.74, 6) is 0.189. The van der Waals surface area contributed by atoms with E-state index in [9.17, 15) is 15.3 Å². The van der Waals surface area contributed by atoms with E-state index in [0.29, 0.717) is 17.8 Å². The van der Waals surface area contributed by atoms with Gasteiger partial charge in [0.15, 0.2) is 11.5 Å². The van der Waals surface area contributed by atoms with Gasteiger partial charge in [-0.05, 0) is 67.5 Å². The number of rotatable bonds is 5. The zero-order valence-electron chi connectivity index (χ0n) is 13.1. The molecule has 0 amide bonds. The fourth-order valence-electron chi connectivity index (χ4n) is 3.28. The second-order valence-electron chi connectivity index (χ2n) is 6.37. The minimum atomic E-state index is -0.0695. The van der Waals surface area contributed by atoms with Gasteiger partial charge in [0.2, 0.25) is 0 Å². The SMILES string of the molecule is Oc1ccc(CC[C@@H]2CC[C@@H](Cc3ccc(O)c(O)c3)N2)cc1. The zero-order chi connectivity index (χ0) is 16.2. The van der Waals surface area contributed by atoms with E-state index in [4.69, 9.17) is 0 Å². The molecule has 122 valence electrons. The highest BCUT2D eigenvalue weighted by Crippen LogP contribution is 2.27. The fourth-order valence-corrected chi connectivity index (χ4v) is 3.28. The highest BCUT2D eigenvalue weighted by molar-refractivity contribution is 5.40. The molecule has 1 aliphatic heterocycles. The lowest BCUT2D eigenvalue weighted by Crippen LogP contribution is -2.31. The summed E-state index contributed by atoms with van der Waals surface area (Å²) in [4.78, 5) is 0. The zero-order valence-corrected chi connectivity index (χ0v) is 13.1. The van der Waals surface area contributed by atoms with Crippen LogP contribution in [0.25, 0.3) is 0 Å². The van der Waals surface area contributed by atoms with E-state index in [-0.39, 0.29) is 11.5 Å². The van der Waals surface area contributed by atoms with Crippen molar-refractivity contribution in [3.63, 3.8) is 0 Å². The summed E-state index contributed by atoms with van der Waals surface area (Å²) in [6.07, 6.45) is 5.24. The van der Waals surface area contributed by atoms with Crippen LogP contribution in [0.15, 0.2) is 42.5 Å². The van der Waals surface area contributed by atoms with Gasteiger partial charge < -0.3 is 20.6 Å². The smallest absolute Gasteiger partial charge is 0.157 e. The van der Waals surface area contributed by atoms with E-state index >= 15 is 0 Å². The molecule has 0 spiro atoms. The molecule has 4 heteroatoms. The molecule has 23 heavy (non-hydrogen) atoms. The summed E-state index contributed by atoms with van der Waals surface area (Å²) in [5, 5.41) is 31.9. The van der Waals surface area contributed by atoms with Gasteiger partial charge in [-0.15, -0.1) is 0 Å². The molecule has 2 aromatic rings. The van der Waals surface area contributed by atoms with E-state index in [1.165, 1.54) is 5.56 Å². The highest BCUT2D eigenvalue weighted by Gasteiger charge is 2.23. The second-order valence-corrected chi connectivity index (χ2v) is 6.37. The van der Waals surface area contributed by atoms with Crippen LogP contribution in [-0.4, -0.2) is 27.4 Å². The van der Waals surface area contributed by atoms with E-state index in [2.05, 4.69) is 5.32 Å². The third-order valence-corrected chi connectivity index (χ3v) is 4.57. The highest BCUT2D eigenvalue weighted by atomic mass is 16.3. The van der Waals surface area contributed by atoms with Crippen LogP contribution in [0.4, 0.5) is 0 Å². The predicted molar refractivity (Wildman–Crippen MR) is 89.8 cm³/mol. The van der Waals surface area contributed by atoms with Crippen LogP contribution >= 0.6 is 0 Å². The Kier molecular flexibility index (Phi) is 4.72. The molecule has 1 fully saturated rings. The van der Waals surface area contributed by atoms with E-state index < -0.39 is 0 Å². The third kappa shape index (κ3) is 4.17. The van der Waals surface area contributed by atoms with E-state index in [1.54, 1.807) is 24.3 Å². The topological polar surface area (TPSA) is 72.7 Å². The molecule has 4 nitrogen and oxygen atoms in total. The van der Waals surface area contributed by atoms with Crippen molar-refractivity contribution in [2.45, 2.75) is 44.2 Å². The largest absolute Gasteiger partial charge is 0.508 e. The van der Waals surface area contributed by atoms with Gasteiger partial charge in [0, 0.05) is 12.1 Å². The van der Waals surface area contributed by atoms with Gasteiger partial charge in [-0.3, -0.25) is 0 Å². The number of hydrogen-bond acceptors (Lipinski definition) is 4. The lowest BCUT2D eigenvalue weighted by molar-refractivity contribution is 0.402. The lowest BCUT2D eigenvalue weighted by Gasteiger charge is -2.15. The molecule has 0 aliphatic carbocycles. The molecule has 2 atom stereocenters. The molecule has 1 aliphatic rings. The van der Waals surface area contributed by atoms with Crippen molar-refractivity contribution in [2.24, 2.45) is 0 Å². The van der Waals surface area contributed by atoms with Crippen molar-refractivity contribution in [3.05, 3.63) is 53.6 Å². The molecular weight excluding hydrogens is 290 g/mol. The number of hydrogen-bond donors (Lipinski definition) is 4. The van der Waals surface area contributed by atoms with Gasteiger partial charge in [-0.1, -0.05) is 18.2 Å². The minimum Gasteiger partial charge on any atom is -0.508 e. The maximum Gasteiger partial charge on any atom is 0.157 e.